The van der Waals surface area contributed by atoms with Crippen LogP contribution in [0.1, 0.15) is 65.4 Å². The van der Waals surface area contributed by atoms with E-state index < -0.39 is 0 Å². The fraction of sp³-hybridized carbons (Fsp3) is 0.591. The van der Waals surface area contributed by atoms with Gasteiger partial charge in [0, 0.05) is 24.9 Å². The fourth-order valence-corrected chi connectivity index (χ4v) is 2.54. The number of aliphatic hydroxyl groups is 1. The molecule has 1 aliphatic rings. The highest BCUT2D eigenvalue weighted by molar-refractivity contribution is 5.85. The second kappa shape index (κ2) is 14.0. The third-order valence-electron chi connectivity index (χ3n) is 4.26. The monoisotopic (exact) mass is 331 g/mol. The van der Waals surface area contributed by atoms with E-state index in [0.29, 0.717) is 0 Å². The second-order valence-electron chi connectivity index (χ2n) is 6.55. The van der Waals surface area contributed by atoms with Gasteiger partial charge in [0.05, 0.1) is 0 Å². The SMILES string of the molecule is C=C(CCC)N=C(C)Cc1ccccc1.CCC(C)C1CC1.CO. The van der Waals surface area contributed by atoms with Crippen LogP contribution in [-0.2, 0) is 6.42 Å². The number of benzene rings is 1. The molecule has 1 fully saturated rings. The number of aliphatic imine (C=N–C) groups is 1. The minimum absolute atomic E-state index is 0.920. The van der Waals surface area contributed by atoms with Crippen LogP contribution in [0.5, 0.6) is 0 Å². The number of rotatable bonds is 7. The molecular formula is C22H37NO. The molecule has 1 aliphatic carbocycles. The number of aliphatic hydroxyl groups excluding tert-OH is 1. The Morgan fingerprint density at radius 1 is 1.21 bits per heavy atom. The van der Waals surface area contributed by atoms with Crippen LogP contribution in [0, 0.1) is 11.8 Å². The van der Waals surface area contributed by atoms with Gasteiger partial charge in [-0.1, -0.05) is 70.5 Å². The molecule has 0 bridgehead atoms. The summed E-state index contributed by atoms with van der Waals surface area (Å²) in [6.07, 6.45) is 7.42. The molecule has 1 aromatic rings. The molecule has 136 valence electrons. The topological polar surface area (TPSA) is 32.6 Å². The minimum atomic E-state index is 0.920. The minimum Gasteiger partial charge on any atom is -0.400 e. The molecule has 1 saturated carbocycles. The summed E-state index contributed by atoms with van der Waals surface area (Å²) < 4.78 is 0. The lowest BCUT2D eigenvalue weighted by atomic mass is 10.0. The van der Waals surface area contributed by atoms with E-state index in [9.17, 15) is 0 Å². The second-order valence-corrected chi connectivity index (χ2v) is 6.55. The van der Waals surface area contributed by atoms with E-state index in [-0.39, 0.29) is 0 Å². The molecule has 24 heavy (non-hydrogen) atoms. The van der Waals surface area contributed by atoms with Gasteiger partial charge in [-0.2, -0.15) is 0 Å². The summed E-state index contributed by atoms with van der Waals surface area (Å²) in [4.78, 5) is 4.48. The molecule has 0 radical (unpaired) electrons. The first-order valence-corrected chi connectivity index (χ1v) is 9.27. The summed E-state index contributed by atoms with van der Waals surface area (Å²) >= 11 is 0. The third kappa shape index (κ3) is 11.2. The zero-order valence-electron chi connectivity index (χ0n) is 16.4. The molecule has 2 rings (SSSR count). The highest BCUT2D eigenvalue weighted by Crippen LogP contribution is 2.37. The molecule has 0 aromatic heterocycles. The first-order valence-electron chi connectivity index (χ1n) is 9.27. The molecule has 0 aliphatic heterocycles. The van der Waals surface area contributed by atoms with Gasteiger partial charge in [0.15, 0.2) is 0 Å². The van der Waals surface area contributed by atoms with E-state index in [1.54, 1.807) is 0 Å². The third-order valence-corrected chi connectivity index (χ3v) is 4.26. The molecule has 0 saturated heterocycles. The quantitative estimate of drug-likeness (QED) is 0.606. The van der Waals surface area contributed by atoms with Crippen LogP contribution in [0.25, 0.3) is 0 Å². The van der Waals surface area contributed by atoms with Gasteiger partial charge >= 0.3 is 0 Å². The highest BCUT2D eigenvalue weighted by atomic mass is 16.2. The Morgan fingerprint density at radius 2 is 1.79 bits per heavy atom. The maximum absolute atomic E-state index is 7.00. The Bertz CT molecular complexity index is 460. The average molecular weight is 332 g/mol. The smallest absolute Gasteiger partial charge is 0.0331 e. The molecule has 1 unspecified atom stereocenters. The van der Waals surface area contributed by atoms with Crippen LogP contribution < -0.4 is 0 Å². The van der Waals surface area contributed by atoms with Gasteiger partial charge in [-0.3, -0.25) is 4.99 Å². The van der Waals surface area contributed by atoms with Gasteiger partial charge in [-0.25, -0.2) is 0 Å². The van der Waals surface area contributed by atoms with Crippen LogP contribution >= 0.6 is 0 Å². The molecule has 1 aromatic carbocycles. The lowest BCUT2D eigenvalue weighted by Gasteiger charge is -2.02. The van der Waals surface area contributed by atoms with E-state index >= 15 is 0 Å². The number of hydrogen-bond donors (Lipinski definition) is 1. The Labute approximate surface area is 149 Å². The summed E-state index contributed by atoms with van der Waals surface area (Å²) in [5.41, 5.74) is 3.44. The largest absolute Gasteiger partial charge is 0.400 e. The summed E-state index contributed by atoms with van der Waals surface area (Å²) in [6.45, 7) is 12.8. The lowest BCUT2D eigenvalue weighted by Crippen LogP contribution is -1.97. The van der Waals surface area contributed by atoms with E-state index in [1.165, 1.54) is 24.8 Å². The van der Waals surface area contributed by atoms with E-state index in [1.807, 2.05) is 6.07 Å². The standard InChI is InChI=1S/C14H19N.C7H14.CH4O/c1-4-8-12(2)15-13(3)11-14-9-6-5-7-10-14;1-3-6(2)7-4-5-7;1-2/h5-7,9-10H,2,4,8,11H2,1,3H3;6-7H,3-5H2,1-2H3;2H,1H3. The maximum Gasteiger partial charge on any atom is 0.0331 e. The van der Waals surface area contributed by atoms with Crippen LogP contribution in [0.3, 0.4) is 0 Å². The predicted octanol–water partition coefficient (Wildman–Crippen LogP) is 6.05. The van der Waals surface area contributed by atoms with Crippen molar-refractivity contribution in [2.75, 3.05) is 7.11 Å². The van der Waals surface area contributed by atoms with Crippen molar-refractivity contribution in [3.05, 3.63) is 48.2 Å². The maximum atomic E-state index is 7.00. The summed E-state index contributed by atoms with van der Waals surface area (Å²) in [5, 5.41) is 7.00. The van der Waals surface area contributed by atoms with Crippen LogP contribution in [-0.4, -0.2) is 17.9 Å². The highest BCUT2D eigenvalue weighted by Gasteiger charge is 2.25. The molecule has 2 heteroatoms. The van der Waals surface area contributed by atoms with Gasteiger partial charge in [-0.05, 0) is 43.6 Å². The average Bonchev–Trinajstić information content (AvgIpc) is 3.42. The van der Waals surface area contributed by atoms with E-state index in [4.69, 9.17) is 5.11 Å². The number of allylic oxidation sites excluding steroid dienone is 1. The number of hydrogen-bond acceptors (Lipinski definition) is 2. The van der Waals surface area contributed by atoms with E-state index in [0.717, 1.165) is 49.6 Å². The van der Waals surface area contributed by atoms with Gasteiger partial charge in [0.2, 0.25) is 0 Å². The van der Waals surface area contributed by atoms with Crippen molar-refractivity contribution in [1.82, 2.24) is 0 Å². The molecule has 0 spiro atoms. The molecule has 1 atom stereocenters. The molecular weight excluding hydrogens is 294 g/mol. The van der Waals surface area contributed by atoms with E-state index in [2.05, 4.69) is 63.5 Å². The van der Waals surface area contributed by atoms with Gasteiger partial charge in [0.1, 0.15) is 0 Å². The molecule has 2 nitrogen and oxygen atoms in total. The fourth-order valence-electron chi connectivity index (χ4n) is 2.54. The van der Waals surface area contributed by atoms with Crippen molar-refractivity contribution in [1.29, 1.82) is 0 Å². The van der Waals surface area contributed by atoms with Crippen molar-refractivity contribution >= 4 is 5.71 Å². The van der Waals surface area contributed by atoms with Gasteiger partial charge < -0.3 is 5.11 Å². The van der Waals surface area contributed by atoms with Crippen molar-refractivity contribution in [3.63, 3.8) is 0 Å². The zero-order chi connectivity index (χ0) is 18.4. The Hall–Kier alpha value is -1.41. The summed E-state index contributed by atoms with van der Waals surface area (Å²) in [6, 6.07) is 10.4. The Balaban J connectivity index is 0.000000488. The van der Waals surface area contributed by atoms with Crippen LogP contribution in [0.2, 0.25) is 0 Å². The summed E-state index contributed by atoms with van der Waals surface area (Å²) in [5.74, 6) is 2.13. The van der Waals surface area contributed by atoms with Crippen molar-refractivity contribution < 1.29 is 5.11 Å². The normalized spacial score (nSPS) is 14.7. The van der Waals surface area contributed by atoms with Crippen molar-refractivity contribution in [3.8, 4) is 0 Å². The van der Waals surface area contributed by atoms with Crippen LogP contribution in [0.15, 0.2) is 47.6 Å². The van der Waals surface area contributed by atoms with Crippen molar-refractivity contribution in [2.24, 2.45) is 16.8 Å². The van der Waals surface area contributed by atoms with Gasteiger partial charge in [-0.15, -0.1) is 0 Å². The molecule has 0 amide bonds. The Morgan fingerprint density at radius 3 is 2.21 bits per heavy atom. The van der Waals surface area contributed by atoms with Crippen LogP contribution in [0.4, 0.5) is 0 Å². The van der Waals surface area contributed by atoms with Crippen molar-refractivity contribution in [2.45, 2.75) is 66.2 Å². The zero-order valence-corrected chi connectivity index (χ0v) is 16.4. The predicted molar refractivity (Wildman–Crippen MR) is 108 cm³/mol. The lowest BCUT2D eigenvalue weighted by molar-refractivity contribution is 0.399. The number of nitrogens with zero attached hydrogens (tertiary/aromatic N) is 1. The molecule has 0 heterocycles. The first kappa shape index (κ1) is 22.6. The Kier molecular flexibility index (Phi) is 13.2. The first-order chi connectivity index (χ1) is 11.6. The summed E-state index contributed by atoms with van der Waals surface area (Å²) in [7, 11) is 1.00. The molecule has 1 N–H and O–H groups in total. The van der Waals surface area contributed by atoms with Gasteiger partial charge in [0.25, 0.3) is 0 Å².